The van der Waals surface area contributed by atoms with Gasteiger partial charge in [0.1, 0.15) is 0 Å². The lowest BCUT2D eigenvalue weighted by Crippen LogP contribution is -2.35. The molecular formula is C12H17NOS. The van der Waals surface area contributed by atoms with Crippen molar-refractivity contribution in [2.75, 3.05) is 6.54 Å². The van der Waals surface area contributed by atoms with E-state index in [4.69, 9.17) is 0 Å². The Kier molecular flexibility index (Phi) is 3.41. The number of hydrogen-bond donors (Lipinski definition) is 0. The first kappa shape index (κ1) is 10.7. The molecule has 0 spiro atoms. The molecule has 0 N–H and O–H groups in total. The summed E-state index contributed by atoms with van der Waals surface area (Å²) in [4.78, 5) is 15.3. The molecule has 82 valence electrons. The highest BCUT2D eigenvalue weighted by atomic mass is 32.1. The maximum absolute atomic E-state index is 12.0. The zero-order valence-corrected chi connectivity index (χ0v) is 9.93. The molecule has 1 aliphatic heterocycles. The molecular weight excluding hydrogens is 206 g/mol. The van der Waals surface area contributed by atoms with Crippen molar-refractivity contribution in [3.05, 3.63) is 22.4 Å². The van der Waals surface area contributed by atoms with Crippen molar-refractivity contribution in [2.45, 2.75) is 38.6 Å². The largest absolute Gasteiger partial charge is 0.339 e. The Morgan fingerprint density at radius 2 is 2.53 bits per heavy atom. The fourth-order valence-corrected chi connectivity index (χ4v) is 2.95. The smallest absolute Gasteiger partial charge is 0.228 e. The van der Waals surface area contributed by atoms with Crippen LogP contribution in [0, 0.1) is 0 Å². The first-order valence-corrected chi connectivity index (χ1v) is 6.51. The molecule has 1 amide bonds. The maximum Gasteiger partial charge on any atom is 0.228 e. The second-order valence-corrected chi connectivity index (χ2v) is 5.08. The molecule has 0 aromatic carbocycles. The minimum absolute atomic E-state index is 0.307. The average molecular weight is 223 g/mol. The van der Waals surface area contributed by atoms with Crippen LogP contribution in [0.15, 0.2) is 17.5 Å². The van der Waals surface area contributed by atoms with Crippen molar-refractivity contribution in [2.24, 2.45) is 0 Å². The molecule has 2 heterocycles. The summed E-state index contributed by atoms with van der Waals surface area (Å²) in [5.41, 5.74) is 0. The third-order valence-corrected chi connectivity index (χ3v) is 3.95. The Labute approximate surface area is 94.9 Å². The maximum atomic E-state index is 12.0. The van der Waals surface area contributed by atoms with E-state index < -0.39 is 0 Å². The Morgan fingerprint density at radius 3 is 3.20 bits per heavy atom. The van der Waals surface area contributed by atoms with Crippen LogP contribution in [0.25, 0.3) is 0 Å². The van der Waals surface area contributed by atoms with Crippen LogP contribution in [0.2, 0.25) is 0 Å². The van der Waals surface area contributed by atoms with Crippen LogP contribution in [0.4, 0.5) is 0 Å². The van der Waals surface area contributed by atoms with E-state index in [1.807, 2.05) is 17.5 Å². The number of nitrogens with zero attached hydrogens (tertiary/aromatic N) is 1. The van der Waals surface area contributed by atoms with Gasteiger partial charge in [0.05, 0.1) is 6.42 Å². The van der Waals surface area contributed by atoms with Gasteiger partial charge >= 0.3 is 0 Å². The molecule has 2 rings (SSSR count). The van der Waals surface area contributed by atoms with E-state index in [0.29, 0.717) is 18.4 Å². The third-order valence-electron chi connectivity index (χ3n) is 3.07. The van der Waals surface area contributed by atoms with Crippen LogP contribution in [0.5, 0.6) is 0 Å². The van der Waals surface area contributed by atoms with Crippen LogP contribution in [-0.2, 0) is 11.2 Å². The van der Waals surface area contributed by atoms with E-state index in [0.717, 1.165) is 13.0 Å². The van der Waals surface area contributed by atoms with Crippen LogP contribution in [0.1, 0.15) is 31.1 Å². The van der Waals surface area contributed by atoms with Gasteiger partial charge in [-0.05, 0) is 30.7 Å². The van der Waals surface area contributed by atoms with Gasteiger partial charge in [0.15, 0.2) is 0 Å². The van der Waals surface area contributed by atoms with E-state index in [-0.39, 0.29) is 0 Å². The topological polar surface area (TPSA) is 20.3 Å². The number of carbonyl (C=O) groups is 1. The third kappa shape index (κ3) is 2.40. The molecule has 1 atom stereocenters. The molecule has 0 aliphatic carbocycles. The van der Waals surface area contributed by atoms with Gasteiger partial charge in [0.25, 0.3) is 0 Å². The van der Waals surface area contributed by atoms with Crippen molar-refractivity contribution in [1.82, 2.24) is 4.90 Å². The lowest BCUT2D eigenvalue weighted by atomic mass is 10.1. The van der Waals surface area contributed by atoms with E-state index in [1.165, 1.54) is 17.7 Å². The van der Waals surface area contributed by atoms with E-state index in [2.05, 4.69) is 11.8 Å². The van der Waals surface area contributed by atoms with Crippen molar-refractivity contribution in [3.63, 3.8) is 0 Å². The first-order valence-electron chi connectivity index (χ1n) is 5.63. The summed E-state index contributed by atoms with van der Waals surface area (Å²) in [5, 5.41) is 2.03. The average Bonchev–Trinajstić information content (AvgIpc) is 2.86. The van der Waals surface area contributed by atoms with Crippen LogP contribution < -0.4 is 0 Å². The second kappa shape index (κ2) is 4.79. The van der Waals surface area contributed by atoms with Gasteiger partial charge in [-0.25, -0.2) is 0 Å². The Bertz CT molecular complexity index is 320. The van der Waals surface area contributed by atoms with Gasteiger partial charge in [0.2, 0.25) is 5.91 Å². The quantitative estimate of drug-likeness (QED) is 0.771. The summed E-state index contributed by atoms with van der Waals surface area (Å²) in [6.45, 7) is 3.13. The summed E-state index contributed by atoms with van der Waals surface area (Å²) in [5.74, 6) is 0.307. The standard InChI is InChI=1S/C12H17NOS/c1-2-10-5-3-7-13(10)12(14)9-11-6-4-8-15-11/h4,6,8,10H,2-3,5,7,9H2,1H3. The number of amides is 1. The highest BCUT2D eigenvalue weighted by molar-refractivity contribution is 7.10. The summed E-state index contributed by atoms with van der Waals surface area (Å²) < 4.78 is 0. The monoisotopic (exact) mass is 223 g/mol. The molecule has 15 heavy (non-hydrogen) atoms. The Balaban J connectivity index is 1.96. The van der Waals surface area contributed by atoms with E-state index in [9.17, 15) is 4.79 Å². The molecule has 0 saturated carbocycles. The molecule has 3 heteroatoms. The Hall–Kier alpha value is -0.830. The minimum atomic E-state index is 0.307. The fraction of sp³-hybridized carbons (Fsp3) is 0.583. The Morgan fingerprint density at radius 1 is 1.67 bits per heavy atom. The van der Waals surface area contributed by atoms with Crippen molar-refractivity contribution >= 4 is 17.2 Å². The van der Waals surface area contributed by atoms with Crippen LogP contribution >= 0.6 is 11.3 Å². The van der Waals surface area contributed by atoms with E-state index in [1.54, 1.807) is 11.3 Å². The molecule has 0 bridgehead atoms. The van der Waals surface area contributed by atoms with Crippen molar-refractivity contribution in [1.29, 1.82) is 0 Å². The van der Waals surface area contributed by atoms with Crippen LogP contribution in [-0.4, -0.2) is 23.4 Å². The second-order valence-electron chi connectivity index (χ2n) is 4.05. The highest BCUT2D eigenvalue weighted by Gasteiger charge is 2.26. The number of thiophene rings is 1. The zero-order valence-electron chi connectivity index (χ0n) is 9.11. The number of carbonyl (C=O) groups excluding carboxylic acids is 1. The molecule has 1 aliphatic rings. The summed E-state index contributed by atoms with van der Waals surface area (Å²) in [7, 11) is 0. The summed E-state index contributed by atoms with van der Waals surface area (Å²) in [6.07, 6.45) is 4.05. The van der Waals surface area contributed by atoms with Gasteiger partial charge in [-0.2, -0.15) is 0 Å². The number of hydrogen-bond acceptors (Lipinski definition) is 2. The normalized spacial score (nSPS) is 20.9. The lowest BCUT2D eigenvalue weighted by Gasteiger charge is -2.23. The van der Waals surface area contributed by atoms with E-state index >= 15 is 0 Å². The molecule has 1 saturated heterocycles. The SMILES string of the molecule is CCC1CCCN1C(=O)Cc1cccs1. The van der Waals surface area contributed by atoms with Crippen molar-refractivity contribution < 1.29 is 4.79 Å². The molecule has 2 nitrogen and oxygen atoms in total. The van der Waals surface area contributed by atoms with Gasteiger partial charge in [-0.3, -0.25) is 4.79 Å². The van der Waals surface area contributed by atoms with Gasteiger partial charge in [-0.1, -0.05) is 13.0 Å². The zero-order chi connectivity index (χ0) is 10.7. The predicted molar refractivity (Wildman–Crippen MR) is 63.0 cm³/mol. The van der Waals surface area contributed by atoms with Gasteiger partial charge in [0, 0.05) is 17.5 Å². The van der Waals surface area contributed by atoms with Gasteiger partial charge in [-0.15, -0.1) is 11.3 Å². The molecule has 1 fully saturated rings. The van der Waals surface area contributed by atoms with Crippen molar-refractivity contribution in [3.8, 4) is 0 Å². The van der Waals surface area contributed by atoms with Gasteiger partial charge < -0.3 is 4.90 Å². The minimum Gasteiger partial charge on any atom is -0.339 e. The summed E-state index contributed by atoms with van der Waals surface area (Å²) >= 11 is 1.67. The molecule has 0 radical (unpaired) electrons. The lowest BCUT2D eigenvalue weighted by molar-refractivity contribution is -0.131. The first-order chi connectivity index (χ1) is 7.31. The van der Waals surface area contributed by atoms with Crippen LogP contribution in [0.3, 0.4) is 0 Å². The molecule has 1 unspecified atom stereocenters. The fourth-order valence-electron chi connectivity index (χ4n) is 2.25. The number of rotatable bonds is 3. The molecule has 1 aromatic rings. The predicted octanol–water partition coefficient (Wildman–Crippen LogP) is 2.69. The number of likely N-dealkylation sites (tertiary alicyclic amines) is 1. The highest BCUT2D eigenvalue weighted by Crippen LogP contribution is 2.21. The molecule has 1 aromatic heterocycles. The summed E-state index contributed by atoms with van der Waals surface area (Å²) in [6, 6.07) is 4.55.